The lowest BCUT2D eigenvalue weighted by Gasteiger charge is -1.88. The van der Waals surface area contributed by atoms with Crippen LogP contribution in [0.4, 0.5) is 0 Å². The molecule has 0 radical (unpaired) electrons. The van der Waals surface area contributed by atoms with Gasteiger partial charge in [0.1, 0.15) is 13.3 Å². The van der Waals surface area contributed by atoms with Crippen LogP contribution in [0.3, 0.4) is 0 Å². The molecule has 0 atom stereocenters. The quantitative estimate of drug-likeness (QED) is 0.309. The maximum Gasteiger partial charge on any atom is 0.303 e. The second-order valence-corrected chi connectivity index (χ2v) is 3.27. The molecule has 3 N–H and O–H groups in total. The highest BCUT2D eigenvalue weighted by Gasteiger charge is 2.00. The number of carboxylic acid groups (broad SMARTS) is 2. The van der Waals surface area contributed by atoms with Crippen molar-refractivity contribution in [3.63, 3.8) is 0 Å². The van der Waals surface area contributed by atoms with E-state index in [2.05, 4.69) is 5.16 Å². The Balaban J connectivity index is 0.000000331. The van der Waals surface area contributed by atoms with Crippen molar-refractivity contribution in [2.24, 2.45) is 12.2 Å². The van der Waals surface area contributed by atoms with Crippen molar-refractivity contribution in [2.45, 2.75) is 12.8 Å². The van der Waals surface area contributed by atoms with Gasteiger partial charge in [-0.2, -0.15) is 0 Å². The lowest BCUT2D eigenvalue weighted by atomic mass is 10.3. The number of pyridine rings is 1. The highest BCUT2D eigenvalue weighted by Crippen LogP contribution is 1.86. The van der Waals surface area contributed by atoms with Crippen LogP contribution in [0, 0.1) is 0 Å². The molecule has 7 nitrogen and oxygen atoms in total. The molecule has 0 unspecified atom stereocenters. The van der Waals surface area contributed by atoms with Gasteiger partial charge in [-0.3, -0.25) is 9.59 Å². The Morgan fingerprint density at radius 1 is 1.28 bits per heavy atom. The number of nitrogens with zero attached hydrogens (tertiary/aromatic N) is 2. The van der Waals surface area contributed by atoms with Crippen LogP contribution < -0.4 is 4.57 Å². The van der Waals surface area contributed by atoms with Gasteiger partial charge in [0.15, 0.2) is 6.20 Å². The number of rotatable bonds is 4. The first kappa shape index (κ1) is 15.6. The molecule has 0 fully saturated rings. The first-order valence-electron chi connectivity index (χ1n) is 5.03. The molecule has 0 aliphatic rings. The van der Waals surface area contributed by atoms with Crippen LogP contribution in [-0.2, 0) is 16.6 Å². The molecule has 1 aromatic heterocycles. The molecule has 0 aliphatic heterocycles. The van der Waals surface area contributed by atoms with Crippen LogP contribution in [0.25, 0.3) is 0 Å². The Morgan fingerprint density at radius 2 is 1.83 bits per heavy atom. The zero-order valence-electron chi connectivity index (χ0n) is 9.85. The topological polar surface area (TPSA) is 111 Å². The fourth-order valence-corrected chi connectivity index (χ4v) is 0.944. The Kier molecular flexibility index (Phi) is 7.51. The summed E-state index contributed by atoms with van der Waals surface area (Å²) in [4.78, 5) is 19.3. The smallest absolute Gasteiger partial charge is 0.303 e. The average molecular weight is 255 g/mol. The van der Waals surface area contributed by atoms with E-state index < -0.39 is 11.9 Å². The molecule has 1 aromatic rings. The Bertz CT molecular complexity index is 417. The minimum atomic E-state index is -1.08. The molecule has 0 bridgehead atoms. The lowest BCUT2D eigenvalue weighted by Crippen LogP contribution is -2.32. The summed E-state index contributed by atoms with van der Waals surface area (Å²) in [6.07, 6.45) is 2.68. The van der Waals surface area contributed by atoms with Crippen molar-refractivity contribution >= 4 is 18.2 Å². The molecule has 98 valence electrons. The van der Waals surface area contributed by atoms with Crippen molar-refractivity contribution in [3.05, 3.63) is 30.1 Å². The van der Waals surface area contributed by atoms with Gasteiger partial charge in [0.25, 0.3) is 0 Å². The standard InChI is InChI=1S/C7H8N2O.C4H6O4/c1-9-5-3-2-4-7(9)6-8-10;5-3(6)1-2-4(7)8/h2-6H,1H3;1-2H2,(H,5,6)(H,7,8)/p+1. The van der Waals surface area contributed by atoms with Crippen LogP contribution in [-0.4, -0.2) is 33.6 Å². The van der Waals surface area contributed by atoms with Crippen LogP contribution in [0.15, 0.2) is 29.6 Å². The average Bonchev–Trinajstić information content (AvgIpc) is 2.31. The number of aryl methyl sites for hydroxylation is 1. The Hall–Kier alpha value is -2.44. The summed E-state index contributed by atoms with van der Waals surface area (Å²) in [7, 11) is 1.89. The van der Waals surface area contributed by atoms with Crippen LogP contribution in [0.5, 0.6) is 0 Å². The summed E-state index contributed by atoms with van der Waals surface area (Å²) < 4.78 is 1.86. The van der Waals surface area contributed by atoms with Gasteiger partial charge in [0.2, 0.25) is 5.69 Å². The monoisotopic (exact) mass is 255 g/mol. The highest BCUT2D eigenvalue weighted by molar-refractivity contribution is 5.75. The molecule has 0 spiro atoms. The second-order valence-electron chi connectivity index (χ2n) is 3.27. The third-order valence-corrected chi connectivity index (χ3v) is 1.84. The van der Waals surface area contributed by atoms with Crippen molar-refractivity contribution < 1.29 is 29.6 Å². The van der Waals surface area contributed by atoms with Gasteiger partial charge >= 0.3 is 11.9 Å². The third-order valence-electron chi connectivity index (χ3n) is 1.84. The second kappa shape index (κ2) is 8.68. The number of oxime groups is 1. The van der Waals surface area contributed by atoms with E-state index >= 15 is 0 Å². The zero-order valence-corrected chi connectivity index (χ0v) is 9.85. The molecule has 7 heteroatoms. The van der Waals surface area contributed by atoms with E-state index in [0.717, 1.165) is 5.69 Å². The summed E-state index contributed by atoms with van der Waals surface area (Å²) in [5, 5.41) is 26.9. The van der Waals surface area contributed by atoms with Gasteiger partial charge < -0.3 is 15.4 Å². The van der Waals surface area contributed by atoms with Gasteiger partial charge in [-0.1, -0.05) is 5.16 Å². The fraction of sp³-hybridized carbons (Fsp3) is 0.273. The van der Waals surface area contributed by atoms with Gasteiger partial charge in [0, 0.05) is 12.1 Å². The summed E-state index contributed by atoms with van der Waals surface area (Å²) in [5.74, 6) is -2.15. The van der Waals surface area contributed by atoms with Gasteiger partial charge in [0.05, 0.1) is 12.8 Å². The van der Waals surface area contributed by atoms with Crippen LogP contribution in [0.2, 0.25) is 0 Å². The molecular formula is C11H15N2O5+. The van der Waals surface area contributed by atoms with E-state index in [0.29, 0.717) is 0 Å². The van der Waals surface area contributed by atoms with Gasteiger partial charge in [-0.25, -0.2) is 4.57 Å². The van der Waals surface area contributed by atoms with Crippen molar-refractivity contribution in [1.29, 1.82) is 0 Å². The molecule has 0 aromatic carbocycles. The van der Waals surface area contributed by atoms with Gasteiger partial charge in [-0.15, -0.1) is 0 Å². The summed E-state index contributed by atoms with van der Waals surface area (Å²) in [6, 6.07) is 5.66. The summed E-state index contributed by atoms with van der Waals surface area (Å²) >= 11 is 0. The number of carboxylic acids is 2. The molecule has 1 heterocycles. The van der Waals surface area contributed by atoms with Crippen LogP contribution in [0.1, 0.15) is 18.5 Å². The van der Waals surface area contributed by atoms with E-state index in [-0.39, 0.29) is 12.8 Å². The molecule has 18 heavy (non-hydrogen) atoms. The fourth-order valence-electron chi connectivity index (χ4n) is 0.944. The zero-order chi connectivity index (χ0) is 14.0. The van der Waals surface area contributed by atoms with E-state index in [1.165, 1.54) is 6.21 Å². The maximum absolute atomic E-state index is 9.64. The number of aliphatic carboxylic acids is 2. The number of hydrogen-bond donors (Lipinski definition) is 3. The molecule has 0 saturated carbocycles. The predicted octanol–water partition coefficient (Wildman–Crippen LogP) is 0.255. The molecular weight excluding hydrogens is 240 g/mol. The molecule has 0 aliphatic carbocycles. The Labute approximate surface area is 104 Å². The van der Waals surface area contributed by atoms with Crippen molar-refractivity contribution in [3.8, 4) is 0 Å². The number of hydrogen-bond acceptors (Lipinski definition) is 4. The summed E-state index contributed by atoms with van der Waals surface area (Å²) in [6.45, 7) is 0. The number of aromatic nitrogens is 1. The first-order valence-corrected chi connectivity index (χ1v) is 5.03. The minimum absolute atomic E-state index is 0.296. The minimum Gasteiger partial charge on any atom is -0.481 e. The highest BCUT2D eigenvalue weighted by atomic mass is 16.4. The Morgan fingerprint density at radius 3 is 2.22 bits per heavy atom. The first-order chi connectivity index (χ1) is 8.47. The van der Waals surface area contributed by atoms with E-state index in [4.69, 9.17) is 15.4 Å². The molecule has 0 amide bonds. The van der Waals surface area contributed by atoms with Crippen LogP contribution >= 0.6 is 0 Å². The predicted molar refractivity (Wildman–Crippen MR) is 61.5 cm³/mol. The summed E-state index contributed by atoms with van der Waals surface area (Å²) in [5.41, 5.74) is 0.866. The maximum atomic E-state index is 9.64. The van der Waals surface area contributed by atoms with E-state index in [9.17, 15) is 9.59 Å². The SMILES string of the molecule is C[n+]1ccccc1C=NO.O=C(O)CCC(=O)O. The van der Waals surface area contributed by atoms with E-state index in [1.807, 2.05) is 36.0 Å². The van der Waals surface area contributed by atoms with Gasteiger partial charge in [-0.05, 0) is 6.07 Å². The van der Waals surface area contributed by atoms with Crippen molar-refractivity contribution in [1.82, 2.24) is 0 Å². The largest absolute Gasteiger partial charge is 0.481 e. The number of carbonyl (C=O) groups is 2. The lowest BCUT2D eigenvalue weighted by molar-refractivity contribution is -0.672. The molecule has 0 saturated heterocycles. The third kappa shape index (κ3) is 7.80. The van der Waals surface area contributed by atoms with Crippen molar-refractivity contribution in [2.75, 3.05) is 0 Å². The van der Waals surface area contributed by atoms with E-state index in [1.54, 1.807) is 0 Å². The molecule has 1 rings (SSSR count). The normalized spacial score (nSPS) is 9.61.